The number of rotatable bonds is 4. The third kappa shape index (κ3) is 2.01. The molecule has 0 unspecified atom stereocenters. The van der Waals surface area contributed by atoms with Crippen molar-refractivity contribution >= 4 is 5.78 Å². The quantitative estimate of drug-likeness (QED) is 0.778. The summed E-state index contributed by atoms with van der Waals surface area (Å²) in [4.78, 5) is 12.7. The molecule has 1 saturated carbocycles. The molecule has 0 bridgehead atoms. The molecule has 1 fully saturated rings. The van der Waals surface area contributed by atoms with Crippen LogP contribution in [0.25, 0.3) is 0 Å². The monoisotopic (exact) mass is 262 g/mol. The Morgan fingerprint density at radius 3 is 1.68 bits per heavy atom. The zero-order valence-electron chi connectivity index (χ0n) is 12.5. The minimum atomic E-state index is 0.0421. The van der Waals surface area contributed by atoms with Crippen LogP contribution in [-0.4, -0.2) is 20.0 Å². The average Bonchev–Trinajstić information content (AvgIpc) is 2.78. The van der Waals surface area contributed by atoms with Crippen LogP contribution in [0.1, 0.15) is 38.1 Å². The summed E-state index contributed by atoms with van der Waals surface area (Å²) in [7, 11) is 3.18. The summed E-state index contributed by atoms with van der Waals surface area (Å²) in [6.45, 7) is 8.58. The van der Waals surface area contributed by atoms with E-state index in [1.165, 1.54) is 0 Å². The lowest BCUT2D eigenvalue weighted by atomic mass is 10.0. The van der Waals surface area contributed by atoms with Gasteiger partial charge in [0, 0.05) is 17.5 Å². The van der Waals surface area contributed by atoms with Crippen LogP contribution in [0.15, 0.2) is 18.2 Å². The Hall–Kier alpha value is -1.51. The molecule has 3 heteroatoms. The zero-order chi connectivity index (χ0) is 14.4. The molecule has 0 spiro atoms. The molecule has 2 rings (SSSR count). The number of carbonyl (C=O) groups excluding carboxylic acids is 1. The molecule has 1 aromatic carbocycles. The fourth-order valence-electron chi connectivity index (χ4n) is 2.97. The van der Waals surface area contributed by atoms with Crippen LogP contribution in [0.5, 0.6) is 11.5 Å². The second kappa shape index (κ2) is 4.26. The van der Waals surface area contributed by atoms with E-state index in [-0.39, 0.29) is 22.5 Å². The minimum absolute atomic E-state index is 0.0421. The summed E-state index contributed by atoms with van der Waals surface area (Å²) in [5.41, 5.74) is 0.751. The maximum Gasteiger partial charge on any atom is 0.167 e. The van der Waals surface area contributed by atoms with Crippen LogP contribution in [0.4, 0.5) is 0 Å². The van der Waals surface area contributed by atoms with Crippen molar-refractivity contribution in [2.45, 2.75) is 27.7 Å². The van der Waals surface area contributed by atoms with E-state index in [0.717, 1.165) is 0 Å². The van der Waals surface area contributed by atoms with Crippen LogP contribution in [-0.2, 0) is 0 Å². The molecule has 1 aromatic rings. The van der Waals surface area contributed by atoms with Gasteiger partial charge in [0.2, 0.25) is 0 Å². The molecule has 0 aromatic heterocycles. The highest BCUT2D eigenvalue weighted by atomic mass is 16.5. The summed E-state index contributed by atoms with van der Waals surface area (Å²) in [6.07, 6.45) is 0. The lowest BCUT2D eigenvalue weighted by molar-refractivity contribution is 0.0944. The number of ketones is 1. The smallest absolute Gasteiger partial charge is 0.167 e. The summed E-state index contributed by atoms with van der Waals surface area (Å²) < 4.78 is 10.4. The molecular weight excluding hydrogens is 240 g/mol. The third-order valence-corrected chi connectivity index (χ3v) is 4.92. The van der Waals surface area contributed by atoms with Gasteiger partial charge in [-0.1, -0.05) is 27.7 Å². The van der Waals surface area contributed by atoms with E-state index in [9.17, 15) is 4.79 Å². The van der Waals surface area contributed by atoms with Crippen LogP contribution in [0, 0.1) is 16.7 Å². The van der Waals surface area contributed by atoms with Gasteiger partial charge in [-0.2, -0.15) is 0 Å². The predicted octanol–water partition coefficient (Wildman–Crippen LogP) is 3.57. The lowest BCUT2D eigenvalue weighted by Gasteiger charge is -2.08. The first-order chi connectivity index (χ1) is 8.75. The Bertz CT molecular complexity index is 478. The summed E-state index contributed by atoms with van der Waals surface area (Å²) in [6, 6.07) is 5.35. The molecule has 0 N–H and O–H groups in total. The number of ether oxygens (including phenoxy) is 2. The molecule has 0 amide bonds. The number of hydrogen-bond acceptors (Lipinski definition) is 3. The van der Waals surface area contributed by atoms with Gasteiger partial charge >= 0.3 is 0 Å². The first-order valence-corrected chi connectivity index (χ1v) is 6.53. The Morgan fingerprint density at radius 2 is 1.37 bits per heavy atom. The topological polar surface area (TPSA) is 35.5 Å². The van der Waals surface area contributed by atoms with Crippen molar-refractivity contribution < 1.29 is 14.3 Å². The summed E-state index contributed by atoms with van der Waals surface area (Å²) in [5.74, 6) is 1.53. The van der Waals surface area contributed by atoms with Gasteiger partial charge in [-0.05, 0) is 23.0 Å². The SMILES string of the molecule is COc1cc(OC)cc(C(=O)C2C(C)(C)C2(C)C)c1. The van der Waals surface area contributed by atoms with Gasteiger partial charge in [-0.25, -0.2) is 0 Å². The van der Waals surface area contributed by atoms with E-state index in [1.54, 1.807) is 32.4 Å². The normalized spacial score (nSPS) is 19.9. The van der Waals surface area contributed by atoms with Crippen molar-refractivity contribution in [2.75, 3.05) is 14.2 Å². The molecule has 19 heavy (non-hydrogen) atoms. The minimum Gasteiger partial charge on any atom is -0.497 e. The number of benzene rings is 1. The summed E-state index contributed by atoms with van der Waals surface area (Å²) in [5, 5.41) is 0. The van der Waals surface area contributed by atoms with Crippen molar-refractivity contribution in [2.24, 2.45) is 16.7 Å². The third-order valence-electron chi connectivity index (χ3n) is 4.92. The molecule has 0 atom stereocenters. The van der Waals surface area contributed by atoms with E-state index in [4.69, 9.17) is 9.47 Å². The van der Waals surface area contributed by atoms with Crippen LogP contribution >= 0.6 is 0 Å². The fourth-order valence-corrected chi connectivity index (χ4v) is 2.97. The van der Waals surface area contributed by atoms with Gasteiger partial charge in [-0.3, -0.25) is 4.79 Å². The van der Waals surface area contributed by atoms with Crippen molar-refractivity contribution in [1.82, 2.24) is 0 Å². The van der Waals surface area contributed by atoms with Gasteiger partial charge in [0.1, 0.15) is 11.5 Å². The number of Topliss-reactive ketones (excluding diaryl/α,β-unsaturated/α-hetero) is 1. The molecule has 1 aliphatic carbocycles. The average molecular weight is 262 g/mol. The second-order valence-electron chi connectivity index (χ2n) is 6.34. The van der Waals surface area contributed by atoms with Gasteiger partial charge in [0.25, 0.3) is 0 Å². The predicted molar refractivity (Wildman–Crippen MR) is 74.9 cm³/mol. The Kier molecular flexibility index (Phi) is 3.12. The number of carbonyl (C=O) groups is 1. The highest BCUT2D eigenvalue weighted by Crippen LogP contribution is 2.69. The van der Waals surface area contributed by atoms with Gasteiger partial charge < -0.3 is 9.47 Å². The highest BCUT2D eigenvalue weighted by Gasteiger charge is 2.67. The number of methoxy groups -OCH3 is 2. The lowest BCUT2D eigenvalue weighted by Crippen LogP contribution is -2.08. The van der Waals surface area contributed by atoms with Crippen LogP contribution < -0.4 is 9.47 Å². The van der Waals surface area contributed by atoms with Crippen molar-refractivity contribution in [3.8, 4) is 11.5 Å². The Morgan fingerprint density at radius 1 is 0.947 bits per heavy atom. The highest BCUT2D eigenvalue weighted by molar-refractivity contribution is 6.01. The summed E-state index contributed by atoms with van der Waals surface area (Å²) >= 11 is 0. The van der Waals surface area contributed by atoms with Gasteiger partial charge in [-0.15, -0.1) is 0 Å². The largest absolute Gasteiger partial charge is 0.497 e. The Balaban J connectivity index is 2.36. The van der Waals surface area contributed by atoms with Crippen molar-refractivity contribution in [1.29, 1.82) is 0 Å². The number of hydrogen-bond donors (Lipinski definition) is 0. The van der Waals surface area contributed by atoms with Crippen LogP contribution in [0.2, 0.25) is 0 Å². The van der Waals surface area contributed by atoms with Crippen molar-refractivity contribution in [3.63, 3.8) is 0 Å². The van der Waals surface area contributed by atoms with Crippen LogP contribution in [0.3, 0.4) is 0 Å². The second-order valence-corrected chi connectivity index (χ2v) is 6.34. The van der Waals surface area contributed by atoms with Crippen molar-refractivity contribution in [3.05, 3.63) is 23.8 Å². The maximum atomic E-state index is 12.7. The standard InChI is InChI=1S/C16H22O3/c1-15(2)14(16(15,3)4)13(17)10-7-11(18-5)9-12(8-10)19-6/h7-9,14H,1-6H3. The maximum absolute atomic E-state index is 12.7. The van der Waals surface area contributed by atoms with E-state index < -0.39 is 0 Å². The Labute approximate surface area is 114 Å². The molecule has 104 valence electrons. The molecule has 3 nitrogen and oxygen atoms in total. The molecule has 1 aliphatic rings. The molecule has 0 radical (unpaired) electrons. The fraction of sp³-hybridized carbons (Fsp3) is 0.562. The molecule has 0 heterocycles. The van der Waals surface area contributed by atoms with Gasteiger partial charge in [0.05, 0.1) is 14.2 Å². The van der Waals surface area contributed by atoms with E-state index >= 15 is 0 Å². The van der Waals surface area contributed by atoms with E-state index in [0.29, 0.717) is 17.1 Å². The molecule has 0 saturated heterocycles. The molecular formula is C16H22O3. The van der Waals surface area contributed by atoms with Gasteiger partial charge in [0.15, 0.2) is 5.78 Å². The first-order valence-electron chi connectivity index (χ1n) is 6.53. The van der Waals surface area contributed by atoms with E-state index in [2.05, 4.69) is 27.7 Å². The zero-order valence-corrected chi connectivity index (χ0v) is 12.5. The first kappa shape index (κ1) is 13.9. The molecule has 0 aliphatic heterocycles. The van der Waals surface area contributed by atoms with E-state index in [1.807, 2.05) is 0 Å².